The highest BCUT2D eigenvalue weighted by atomic mass is 35.5. The monoisotopic (exact) mass is 294 g/mol. The third-order valence-electron chi connectivity index (χ3n) is 3.44. The van der Waals surface area contributed by atoms with Crippen LogP contribution in [0.1, 0.15) is 19.5 Å². The van der Waals surface area contributed by atoms with Crippen molar-refractivity contribution in [2.75, 3.05) is 13.7 Å². The summed E-state index contributed by atoms with van der Waals surface area (Å²) in [6.07, 6.45) is 1.64. The molecule has 2 rings (SSSR count). The SMILES string of the molecule is CN(Cc1coc(-c2cccc(Cl)c2)n1)C(C)(C)CO. The second-order valence-corrected chi connectivity index (χ2v) is 5.92. The Morgan fingerprint density at radius 3 is 2.80 bits per heavy atom. The molecule has 0 amide bonds. The van der Waals surface area contributed by atoms with E-state index >= 15 is 0 Å². The number of oxazole rings is 1. The van der Waals surface area contributed by atoms with Gasteiger partial charge in [0.05, 0.1) is 12.3 Å². The minimum Gasteiger partial charge on any atom is -0.444 e. The van der Waals surface area contributed by atoms with Gasteiger partial charge in [0.15, 0.2) is 0 Å². The van der Waals surface area contributed by atoms with Crippen molar-refractivity contribution >= 4 is 11.6 Å². The van der Waals surface area contributed by atoms with Gasteiger partial charge >= 0.3 is 0 Å². The third-order valence-corrected chi connectivity index (χ3v) is 3.68. The fraction of sp³-hybridized carbons (Fsp3) is 0.400. The van der Waals surface area contributed by atoms with Gasteiger partial charge in [-0.05, 0) is 39.1 Å². The summed E-state index contributed by atoms with van der Waals surface area (Å²) in [7, 11) is 1.95. The molecule has 1 aromatic carbocycles. The first-order valence-corrected chi connectivity index (χ1v) is 6.82. The highest BCUT2D eigenvalue weighted by Crippen LogP contribution is 2.23. The number of nitrogens with zero attached hydrogens (tertiary/aromatic N) is 2. The Morgan fingerprint density at radius 2 is 2.15 bits per heavy atom. The molecule has 0 bridgehead atoms. The molecule has 5 heteroatoms. The number of rotatable bonds is 5. The van der Waals surface area contributed by atoms with Crippen molar-refractivity contribution in [2.45, 2.75) is 25.9 Å². The largest absolute Gasteiger partial charge is 0.444 e. The summed E-state index contributed by atoms with van der Waals surface area (Å²) in [5.74, 6) is 0.553. The minimum absolute atomic E-state index is 0.0858. The van der Waals surface area contributed by atoms with Gasteiger partial charge in [-0.3, -0.25) is 4.90 Å². The van der Waals surface area contributed by atoms with Crippen LogP contribution in [0.4, 0.5) is 0 Å². The first-order chi connectivity index (χ1) is 9.42. The van der Waals surface area contributed by atoms with Crippen molar-refractivity contribution in [3.8, 4) is 11.5 Å². The van der Waals surface area contributed by atoms with Crippen LogP contribution in [0.3, 0.4) is 0 Å². The molecule has 0 radical (unpaired) electrons. The number of aromatic nitrogens is 1. The maximum absolute atomic E-state index is 9.36. The molecule has 4 nitrogen and oxygen atoms in total. The Morgan fingerprint density at radius 1 is 1.40 bits per heavy atom. The lowest BCUT2D eigenvalue weighted by Crippen LogP contribution is -2.43. The van der Waals surface area contributed by atoms with E-state index in [1.807, 2.05) is 50.1 Å². The Bertz CT molecular complexity index is 581. The summed E-state index contributed by atoms with van der Waals surface area (Å²) in [4.78, 5) is 6.50. The zero-order valence-corrected chi connectivity index (χ0v) is 12.7. The van der Waals surface area contributed by atoms with Crippen LogP contribution >= 0.6 is 11.6 Å². The summed E-state index contributed by atoms with van der Waals surface area (Å²) in [6, 6.07) is 7.40. The van der Waals surface area contributed by atoms with Crippen molar-refractivity contribution in [3.05, 3.63) is 41.2 Å². The molecule has 1 N–H and O–H groups in total. The Balaban J connectivity index is 2.14. The van der Waals surface area contributed by atoms with Gasteiger partial charge < -0.3 is 9.52 Å². The topological polar surface area (TPSA) is 49.5 Å². The number of hydrogen-bond donors (Lipinski definition) is 1. The summed E-state index contributed by atoms with van der Waals surface area (Å²) in [6.45, 7) is 4.65. The summed E-state index contributed by atoms with van der Waals surface area (Å²) >= 11 is 5.96. The number of halogens is 1. The molecule has 0 aliphatic heterocycles. The van der Waals surface area contributed by atoms with Crippen LogP contribution in [0.25, 0.3) is 11.5 Å². The van der Waals surface area contributed by atoms with E-state index in [9.17, 15) is 5.11 Å². The predicted molar refractivity (Wildman–Crippen MR) is 79.6 cm³/mol. The number of hydrogen-bond acceptors (Lipinski definition) is 4. The lowest BCUT2D eigenvalue weighted by Gasteiger charge is -2.33. The van der Waals surface area contributed by atoms with E-state index in [-0.39, 0.29) is 12.1 Å². The van der Waals surface area contributed by atoms with E-state index in [0.29, 0.717) is 17.5 Å². The van der Waals surface area contributed by atoms with Gasteiger partial charge in [-0.25, -0.2) is 4.98 Å². The Hall–Kier alpha value is -1.36. The number of aliphatic hydroxyl groups is 1. The lowest BCUT2D eigenvalue weighted by atomic mass is 10.1. The Kier molecular flexibility index (Phi) is 4.48. The smallest absolute Gasteiger partial charge is 0.226 e. The van der Waals surface area contributed by atoms with Gasteiger partial charge in [0.25, 0.3) is 0 Å². The van der Waals surface area contributed by atoms with E-state index in [0.717, 1.165) is 11.3 Å². The molecule has 1 aromatic heterocycles. The second kappa shape index (κ2) is 5.95. The molecule has 20 heavy (non-hydrogen) atoms. The molecule has 0 aliphatic carbocycles. The van der Waals surface area contributed by atoms with Gasteiger partial charge in [0, 0.05) is 22.7 Å². The number of likely N-dealkylation sites (N-methyl/N-ethyl adjacent to an activating group) is 1. The molecule has 0 aliphatic rings. The second-order valence-electron chi connectivity index (χ2n) is 5.48. The van der Waals surface area contributed by atoms with Crippen molar-refractivity contribution in [3.63, 3.8) is 0 Å². The quantitative estimate of drug-likeness (QED) is 0.920. The van der Waals surface area contributed by atoms with Gasteiger partial charge in [0.2, 0.25) is 5.89 Å². The maximum atomic E-state index is 9.36. The maximum Gasteiger partial charge on any atom is 0.226 e. The fourth-order valence-electron chi connectivity index (χ4n) is 1.71. The van der Waals surface area contributed by atoms with Crippen LogP contribution in [0, 0.1) is 0 Å². The lowest BCUT2D eigenvalue weighted by molar-refractivity contribution is 0.0724. The molecule has 0 spiro atoms. The number of benzene rings is 1. The van der Waals surface area contributed by atoms with E-state index in [4.69, 9.17) is 16.0 Å². The number of aliphatic hydroxyl groups excluding tert-OH is 1. The fourth-order valence-corrected chi connectivity index (χ4v) is 1.90. The first-order valence-electron chi connectivity index (χ1n) is 6.45. The van der Waals surface area contributed by atoms with Crippen molar-refractivity contribution in [1.82, 2.24) is 9.88 Å². The molecular formula is C15H19ClN2O2. The molecule has 0 atom stereocenters. The standard InChI is InChI=1S/C15H19ClN2O2/c1-15(2,10-19)18(3)8-13-9-20-14(17-13)11-5-4-6-12(16)7-11/h4-7,9,19H,8,10H2,1-3H3. The van der Waals surface area contributed by atoms with E-state index in [2.05, 4.69) is 4.98 Å². The van der Waals surface area contributed by atoms with E-state index in [1.165, 1.54) is 0 Å². The van der Waals surface area contributed by atoms with E-state index < -0.39 is 0 Å². The first kappa shape index (κ1) is 15.0. The minimum atomic E-state index is -0.296. The zero-order valence-electron chi connectivity index (χ0n) is 11.9. The van der Waals surface area contributed by atoms with Crippen LogP contribution < -0.4 is 0 Å². The average molecular weight is 295 g/mol. The molecule has 1 heterocycles. The molecule has 0 fully saturated rings. The van der Waals surface area contributed by atoms with Gasteiger partial charge in [-0.1, -0.05) is 17.7 Å². The van der Waals surface area contributed by atoms with Crippen LogP contribution in [-0.2, 0) is 6.54 Å². The molecule has 0 saturated heterocycles. The summed E-state index contributed by atoms with van der Waals surface area (Å²) < 4.78 is 5.49. The van der Waals surface area contributed by atoms with Gasteiger partial charge in [-0.2, -0.15) is 0 Å². The average Bonchev–Trinajstić information content (AvgIpc) is 2.87. The summed E-state index contributed by atoms with van der Waals surface area (Å²) in [5, 5.41) is 10.0. The highest BCUT2D eigenvalue weighted by molar-refractivity contribution is 6.30. The van der Waals surface area contributed by atoms with Gasteiger partial charge in [-0.15, -0.1) is 0 Å². The van der Waals surface area contributed by atoms with Gasteiger partial charge in [0.1, 0.15) is 6.26 Å². The highest BCUT2D eigenvalue weighted by Gasteiger charge is 2.23. The van der Waals surface area contributed by atoms with E-state index in [1.54, 1.807) is 6.26 Å². The van der Waals surface area contributed by atoms with Crippen LogP contribution in [-0.4, -0.2) is 34.2 Å². The Labute approximate surface area is 124 Å². The van der Waals surface area contributed by atoms with Crippen LogP contribution in [0.5, 0.6) is 0 Å². The third kappa shape index (κ3) is 3.39. The van der Waals surface area contributed by atoms with Crippen molar-refractivity contribution in [1.29, 1.82) is 0 Å². The predicted octanol–water partition coefficient (Wildman–Crippen LogP) is 3.20. The molecule has 108 valence electrons. The van der Waals surface area contributed by atoms with Crippen LogP contribution in [0.2, 0.25) is 5.02 Å². The zero-order chi connectivity index (χ0) is 14.8. The molecular weight excluding hydrogens is 276 g/mol. The normalized spacial score (nSPS) is 12.1. The van der Waals surface area contributed by atoms with Crippen molar-refractivity contribution in [2.24, 2.45) is 0 Å². The van der Waals surface area contributed by atoms with Crippen molar-refractivity contribution < 1.29 is 9.52 Å². The molecule has 2 aromatic rings. The molecule has 0 unspecified atom stereocenters. The summed E-state index contributed by atoms with van der Waals surface area (Å²) in [5.41, 5.74) is 1.38. The molecule has 0 saturated carbocycles. The van der Waals surface area contributed by atoms with Crippen LogP contribution in [0.15, 0.2) is 34.9 Å².